The standard InChI is InChI=1S/C15H20N5O10PS/c21-8-2-1-7(3-8)19-13-10-14(17-5-16-13)20(6-18-10)15-12-11(27-31(23,24)28-12)9(26-15)4-25-32-30-29-22/h5-9,11-12,15,21-22H,1-4H2,(H,23,24)(H,16,17,19)/t7-,8+,9-,11-,12-,15-/m1/s1. The minimum Gasteiger partial charge on any atom is -0.393 e. The van der Waals surface area contributed by atoms with Gasteiger partial charge >= 0.3 is 7.82 Å². The van der Waals surface area contributed by atoms with Crippen molar-refractivity contribution in [3.8, 4) is 0 Å². The number of aromatic nitrogens is 4. The van der Waals surface area contributed by atoms with Crippen LogP contribution >= 0.6 is 20.1 Å². The fourth-order valence-electron chi connectivity index (χ4n) is 4.19. The summed E-state index contributed by atoms with van der Waals surface area (Å²) in [6.45, 7) is -0.131. The van der Waals surface area contributed by atoms with Gasteiger partial charge in [-0.25, -0.2) is 24.8 Å². The Balaban J connectivity index is 1.39. The fourth-order valence-corrected chi connectivity index (χ4v) is 5.59. The quantitative estimate of drug-likeness (QED) is 0.133. The lowest BCUT2D eigenvalue weighted by Crippen LogP contribution is -2.31. The molecular weight excluding hydrogens is 473 g/mol. The molecule has 2 aromatic heterocycles. The number of phosphoric acid groups is 1. The Morgan fingerprint density at radius 2 is 2.12 bits per heavy atom. The number of aliphatic hydroxyl groups excluding tert-OH is 1. The summed E-state index contributed by atoms with van der Waals surface area (Å²) < 4.78 is 39.2. The highest BCUT2D eigenvalue weighted by molar-refractivity contribution is 7.89. The van der Waals surface area contributed by atoms with Crippen molar-refractivity contribution in [3.05, 3.63) is 12.7 Å². The van der Waals surface area contributed by atoms with Crippen molar-refractivity contribution in [2.45, 2.75) is 55.9 Å². The number of anilines is 1. The summed E-state index contributed by atoms with van der Waals surface area (Å²) in [4.78, 5) is 22.8. The molecule has 15 nitrogen and oxygen atoms in total. The summed E-state index contributed by atoms with van der Waals surface area (Å²) in [6.07, 6.45) is 1.09. The second-order valence-electron chi connectivity index (χ2n) is 7.52. The first-order chi connectivity index (χ1) is 15.4. The van der Waals surface area contributed by atoms with Crippen LogP contribution in [0.1, 0.15) is 25.5 Å². The molecule has 3 fully saturated rings. The van der Waals surface area contributed by atoms with E-state index in [1.54, 1.807) is 4.57 Å². The van der Waals surface area contributed by atoms with E-state index in [4.69, 9.17) is 23.2 Å². The molecule has 2 aromatic rings. The molecule has 7 atom stereocenters. The van der Waals surface area contributed by atoms with E-state index in [1.165, 1.54) is 12.7 Å². The first-order valence-electron chi connectivity index (χ1n) is 9.69. The van der Waals surface area contributed by atoms with Crippen molar-refractivity contribution < 1.29 is 47.2 Å². The molecule has 4 heterocycles. The predicted octanol–water partition coefficient (Wildman–Crippen LogP) is 0.934. The molecule has 0 radical (unpaired) electrons. The molecule has 2 aliphatic heterocycles. The van der Waals surface area contributed by atoms with Crippen LogP contribution < -0.4 is 5.32 Å². The number of phosphoric ester groups is 1. The van der Waals surface area contributed by atoms with E-state index in [2.05, 4.69) is 29.6 Å². The molecule has 4 N–H and O–H groups in total. The number of hydrogen-bond donors (Lipinski definition) is 4. The van der Waals surface area contributed by atoms with E-state index < -0.39 is 32.4 Å². The van der Waals surface area contributed by atoms with Gasteiger partial charge in [0.1, 0.15) is 24.6 Å². The summed E-state index contributed by atoms with van der Waals surface area (Å²) in [6, 6.07) is 0.0661. The van der Waals surface area contributed by atoms with Crippen LogP contribution in [0.25, 0.3) is 11.2 Å². The summed E-state index contributed by atoms with van der Waals surface area (Å²) >= 11 is 0.346. The Hall–Kier alpha value is -1.43. The van der Waals surface area contributed by atoms with Crippen molar-refractivity contribution in [3.63, 3.8) is 0 Å². The molecular formula is C15H20N5O10PS. The Kier molecular flexibility index (Phi) is 6.34. The van der Waals surface area contributed by atoms with E-state index in [0.717, 1.165) is 12.8 Å². The highest BCUT2D eigenvalue weighted by Gasteiger charge is 2.58. The molecule has 1 aliphatic carbocycles. The zero-order valence-electron chi connectivity index (χ0n) is 16.3. The van der Waals surface area contributed by atoms with E-state index in [0.29, 0.717) is 35.7 Å². The predicted molar refractivity (Wildman–Crippen MR) is 104 cm³/mol. The second-order valence-corrected chi connectivity index (χ2v) is 9.39. The van der Waals surface area contributed by atoms with Crippen molar-refractivity contribution in [1.82, 2.24) is 19.5 Å². The molecule has 0 bridgehead atoms. The van der Waals surface area contributed by atoms with Gasteiger partial charge in [-0.05, 0) is 19.3 Å². The summed E-state index contributed by atoms with van der Waals surface area (Å²) in [5.41, 5.74) is 0.893. The van der Waals surface area contributed by atoms with Gasteiger partial charge in [-0.2, -0.15) is 0 Å². The van der Waals surface area contributed by atoms with Crippen molar-refractivity contribution in [2.24, 2.45) is 0 Å². The van der Waals surface area contributed by atoms with Crippen LogP contribution in [0.2, 0.25) is 0 Å². The van der Waals surface area contributed by atoms with Crippen molar-refractivity contribution >= 4 is 37.1 Å². The normalized spacial score (nSPS) is 36.7. The number of fused-ring (bicyclic) bond motifs is 2. The third-order valence-corrected chi connectivity index (χ3v) is 6.88. The first-order valence-corrected chi connectivity index (χ1v) is 11.8. The van der Waals surface area contributed by atoms with Gasteiger partial charge in [-0.1, -0.05) is 5.04 Å². The zero-order valence-corrected chi connectivity index (χ0v) is 18.0. The maximum atomic E-state index is 12.1. The summed E-state index contributed by atoms with van der Waals surface area (Å²) in [5.74, 6) is 0.510. The zero-order chi connectivity index (χ0) is 22.3. The van der Waals surface area contributed by atoms with Gasteiger partial charge in [0.2, 0.25) is 0 Å². The Morgan fingerprint density at radius 1 is 1.28 bits per heavy atom. The SMILES string of the molecule is O=P1(O)O[C@@H]2[C@H](O1)[C@@H](COSOOO)O[C@H]2n1cnc2c(N[C@@H]3CC[C@H](O)C3)ncnc21. The number of hydrogen-bond acceptors (Lipinski definition) is 14. The van der Waals surface area contributed by atoms with Crippen LogP contribution in [0.5, 0.6) is 0 Å². The minimum atomic E-state index is -4.28. The van der Waals surface area contributed by atoms with Crippen LogP contribution in [-0.2, 0) is 31.9 Å². The highest BCUT2D eigenvalue weighted by atomic mass is 32.2. The first kappa shape index (κ1) is 22.4. The van der Waals surface area contributed by atoms with Gasteiger partial charge < -0.3 is 20.1 Å². The third-order valence-electron chi connectivity index (χ3n) is 5.51. The molecule has 3 aliphatic rings. The smallest absolute Gasteiger partial charge is 0.393 e. The van der Waals surface area contributed by atoms with Gasteiger partial charge in [0.25, 0.3) is 0 Å². The highest BCUT2D eigenvalue weighted by Crippen LogP contribution is 2.58. The number of ether oxygens (including phenoxy) is 1. The van der Waals surface area contributed by atoms with Crippen LogP contribution in [0, 0.1) is 0 Å². The Labute approximate surface area is 184 Å². The maximum absolute atomic E-state index is 12.1. The molecule has 176 valence electrons. The van der Waals surface area contributed by atoms with Gasteiger partial charge in [0.05, 0.1) is 19.0 Å². The molecule has 17 heteroatoms. The van der Waals surface area contributed by atoms with Crippen molar-refractivity contribution in [2.75, 3.05) is 11.9 Å². The molecule has 1 unspecified atom stereocenters. The molecule has 32 heavy (non-hydrogen) atoms. The van der Waals surface area contributed by atoms with Gasteiger partial charge in [0, 0.05) is 6.04 Å². The molecule has 2 saturated heterocycles. The number of nitrogens with zero attached hydrogens (tertiary/aromatic N) is 4. The lowest BCUT2D eigenvalue weighted by molar-refractivity contribution is -0.434. The number of imidazole rings is 1. The van der Waals surface area contributed by atoms with Crippen molar-refractivity contribution in [1.29, 1.82) is 0 Å². The molecule has 0 spiro atoms. The summed E-state index contributed by atoms with van der Waals surface area (Å²) in [7, 11) is -4.28. The average Bonchev–Trinajstić information content (AvgIpc) is 3.49. The van der Waals surface area contributed by atoms with Gasteiger partial charge in [-0.3, -0.25) is 17.8 Å². The number of aliphatic hydroxyl groups is 1. The number of rotatable bonds is 8. The van der Waals surface area contributed by atoms with Gasteiger partial charge in [-0.15, -0.1) is 4.33 Å². The van der Waals surface area contributed by atoms with Gasteiger partial charge in [0.15, 0.2) is 35.5 Å². The van der Waals surface area contributed by atoms with Crippen LogP contribution in [0.4, 0.5) is 5.82 Å². The van der Waals surface area contributed by atoms with E-state index in [-0.39, 0.29) is 18.8 Å². The monoisotopic (exact) mass is 493 g/mol. The molecule has 5 rings (SSSR count). The number of nitrogens with one attached hydrogen (secondary N) is 1. The Bertz CT molecular complexity index is 1010. The lowest BCUT2D eigenvalue weighted by atomic mass is 10.1. The van der Waals surface area contributed by atoms with Crippen LogP contribution in [0.15, 0.2) is 12.7 Å². The van der Waals surface area contributed by atoms with E-state index in [1.807, 2.05) is 0 Å². The average molecular weight is 493 g/mol. The van der Waals surface area contributed by atoms with Crippen LogP contribution in [-0.4, -0.2) is 71.8 Å². The van der Waals surface area contributed by atoms with Crippen LogP contribution in [0.3, 0.4) is 0 Å². The Morgan fingerprint density at radius 3 is 2.91 bits per heavy atom. The molecule has 1 saturated carbocycles. The molecule has 0 aromatic carbocycles. The third kappa shape index (κ3) is 4.36. The topological polar surface area (TPSA) is 189 Å². The summed E-state index contributed by atoms with van der Waals surface area (Å²) in [5, 5.41) is 24.6. The van der Waals surface area contributed by atoms with E-state index >= 15 is 0 Å². The minimum absolute atomic E-state index is 0.0661. The second kappa shape index (κ2) is 9.08. The maximum Gasteiger partial charge on any atom is 0.473 e. The largest absolute Gasteiger partial charge is 0.473 e. The fraction of sp³-hybridized carbons (Fsp3) is 0.667. The molecule has 0 amide bonds. The lowest BCUT2D eigenvalue weighted by Gasteiger charge is -2.19. The van der Waals surface area contributed by atoms with E-state index in [9.17, 15) is 14.6 Å².